The third kappa shape index (κ3) is 2.74. The molecule has 0 unspecified atom stereocenters. The molecule has 0 fully saturated rings. The average Bonchev–Trinajstić information content (AvgIpc) is 3.03. The van der Waals surface area contributed by atoms with Gasteiger partial charge in [-0.1, -0.05) is 12.1 Å². The van der Waals surface area contributed by atoms with E-state index in [1.165, 1.54) is 6.20 Å². The van der Waals surface area contributed by atoms with E-state index < -0.39 is 0 Å². The minimum absolute atomic E-state index is 0.140. The molecule has 3 rings (SSSR count). The topological polar surface area (TPSA) is 71.2 Å². The van der Waals surface area contributed by atoms with Crippen molar-refractivity contribution in [2.75, 3.05) is 7.11 Å². The molecule has 0 spiro atoms. The zero-order valence-electron chi connectivity index (χ0n) is 12.4. The molecule has 0 atom stereocenters. The fourth-order valence-corrected chi connectivity index (χ4v) is 2.73. The molecule has 1 aromatic heterocycles. The second-order valence-corrected chi connectivity index (χ2v) is 5.37. The van der Waals surface area contributed by atoms with Crippen LogP contribution in [-0.4, -0.2) is 18.0 Å². The molecule has 0 bridgehead atoms. The van der Waals surface area contributed by atoms with Crippen molar-refractivity contribution in [3.05, 3.63) is 63.1 Å². The number of hydrogen-bond donors (Lipinski definition) is 2. The maximum atomic E-state index is 12.3. The van der Waals surface area contributed by atoms with Gasteiger partial charge >= 0.3 is 0 Å². The van der Waals surface area contributed by atoms with E-state index in [1.807, 2.05) is 24.3 Å². The predicted octanol–water partition coefficient (Wildman–Crippen LogP) is 1.80. The minimum Gasteiger partial charge on any atom is -0.497 e. The summed E-state index contributed by atoms with van der Waals surface area (Å²) in [5.74, 6) is 0.428. The van der Waals surface area contributed by atoms with Gasteiger partial charge in [0.2, 0.25) is 0 Å². The van der Waals surface area contributed by atoms with Crippen LogP contribution in [0.2, 0.25) is 0 Å². The number of aromatic nitrogens is 1. The van der Waals surface area contributed by atoms with Gasteiger partial charge in [-0.05, 0) is 37.0 Å². The maximum Gasteiger partial charge on any atom is 0.257 e. The molecule has 0 saturated heterocycles. The first-order valence-electron chi connectivity index (χ1n) is 7.33. The van der Waals surface area contributed by atoms with E-state index in [0.717, 1.165) is 41.8 Å². The molecule has 1 amide bonds. The van der Waals surface area contributed by atoms with E-state index >= 15 is 0 Å². The lowest BCUT2D eigenvalue weighted by Crippen LogP contribution is -2.29. The zero-order chi connectivity index (χ0) is 15.5. The molecule has 0 radical (unpaired) electrons. The molecule has 5 heteroatoms. The van der Waals surface area contributed by atoms with Gasteiger partial charge < -0.3 is 15.0 Å². The van der Waals surface area contributed by atoms with Crippen LogP contribution in [0.5, 0.6) is 5.75 Å². The molecule has 0 aliphatic heterocycles. The minimum atomic E-state index is -0.341. The van der Waals surface area contributed by atoms with Crippen molar-refractivity contribution in [1.82, 2.24) is 10.3 Å². The summed E-state index contributed by atoms with van der Waals surface area (Å²) < 4.78 is 5.09. The highest BCUT2D eigenvalue weighted by atomic mass is 16.5. The number of hydrogen-bond acceptors (Lipinski definition) is 3. The molecule has 22 heavy (non-hydrogen) atoms. The highest BCUT2D eigenvalue weighted by molar-refractivity contribution is 5.94. The Kier molecular flexibility index (Phi) is 3.96. The highest BCUT2D eigenvalue weighted by Gasteiger charge is 2.19. The van der Waals surface area contributed by atoms with Crippen molar-refractivity contribution in [2.45, 2.75) is 25.8 Å². The van der Waals surface area contributed by atoms with Gasteiger partial charge in [0.1, 0.15) is 11.3 Å². The number of amides is 1. The first-order valence-corrected chi connectivity index (χ1v) is 7.33. The van der Waals surface area contributed by atoms with Gasteiger partial charge in [-0.15, -0.1) is 0 Å². The summed E-state index contributed by atoms with van der Waals surface area (Å²) in [5.41, 5.74) is 2.73. The normalized spacial score (nSPS) is 12.8. The second-order valence-electron chi connectivity index (χ2n) is 5.37. The largest absolute Gasteiger partial charge is 0.497 e. The number of rotatable bonds is 4. The van der Waals surface area contributed by atoms with E-state index in [0.29, 0.717) is 6.54 Å². The van der Waals surface area contributed by atoms with Crippen LogP contribution >= 0.6 is 0 Å². The summed E-state index contributed by atoms with van der Waals surface area (Å²) in [7, 11) is 1.61. The Hall–Kier alpha value is -2.56. The summed E-state index contributed by atoms with van der Waals surface area (Å²) in [6.07, 6.45) is 4.14. The Morgan fingerprint density at radius 1 is 1.27 bits per heavy atom. The Balaban J connectivity index is 1.71. The SMILES string of the molecule is COc1ccc(CNC(=O)c2c[nH]c3c(c2=O)CCC3)cc1. The summed E-state index contributed by atoms with van der Waals surface area (Å²) >= 11 is 0. The molecule has 2 aromatic rings. The summed E-state index contributed by atoms with van der Waals surface area (Å²) in [5, 5.41) is 2.78. The lowest BCUT2D eigenvalue weighted by molar-refractivity contribution is 0.0949. The number of aromatic amines is 1. The van der Waals surface area contributed by atoms with Crippen LogP contribution < -0.4 is 15.5 Å². The number of carbonyl (C=O) groups is 1. The number of ether oxygens (including phenoxy) is 1. The van der Waals surface area contributed by atoms with Crippen LogP contribution in [0.3, 0.4) is 0 Å². The molecule has 114 valence electrons. The van der Waals surface area contributed by atoms with Crippen molar-refractivity contribution < 1.29 is 9.53 Å². The van der Waals surface area contributed by atoms with Crippen molar-refractivity contribution in [3.8, 4) is 5.75 Å². The molecule has 0 saturated carbocycles. The van der Waals surface area contributed by atoms with Gasteiger partial charge in [0.05, 0.1) is 7.11 Å². The smallest absolute Gasteiger partial charge is 0.257 e. The Morgan fingerprint density at radius 3 is 2.77 bits per heavy atom. The van der Waals surface area contributed by atoms with Gasteiger partial charge in [0.15, 0.2) is 5.43 Å². The standard InChI is InChI=1S/C17H18N2O3/c1-22-12-7-5-11(6-8-12)9-19-17(21)14-10-18-15-4-2-3-13(15)16(14)20/h5-8,10H,2-4,9H2,1H3,(H,18,20)(H,19,21). The van der Waals surface area contributed by atoms with E-state index in [4.69, 9.17) is 4.74 Å². The van der Waals surface area contributed by atoms with Gasteiger partial charge in [0.25, 0.3) is 5.91 Å². The van der Waals surface area contributed by atoms with Crippen molar-refractivity contribution >= 4 is 5.91 Å². The predicted molar refractivity (Wildman–Crippen MR) is 83.3 cm³/mol. The number of aryl methyl sites for hydroxylation is 1. The number of pyridine rings is 1. The number of benzene rings is 1. The quantitative estimate of drug-likeness (QED) is 0.904. The van der Waals surface area contributed by atoms with E-state index in [1.54, 1.807) is 7.11 Å². The lowest BCUT2D eigenvalue weighted by Gasteiger charge is -2.07. The van der Waals surface area contributed by atoms with Crippen molar-refractivity contribution in [2.24, 2.45) is 0 Å². The molecule has 5 nitrogen and oxygen atoms in total. The fourth-order valence-electron chi connectivity index (χ4n) is 2.73. The van der Waals surface area contributed by atoms with Crippen LogP contribution in [-0.2, 0) is 19.4 Å². The van der Waals surface area contributed by atoms with Crippen molar-refractivity contribution in [1.29, 1.82) is 0 Å². The van der Waals surface area contributed by atoms with Gasteiger partial charge in [-0.2, -0.15) is 0 Å². The molecular formula is C17H18N2O3. The number of nitrogens with one attached hydrogen (secondary N) is 2. The third-order valence-electron chi connectivity index (χ3n) is 3.98. The summed E-state index contributed by atoms with van der Waals surface area (Å²) in [6, 6.07) is 7.44. The van der Waals surface area contributed by atoms with Crippen molar-refractivity contribution in [3.63, 3.8) is 0 Å². The number of fused-ring (bicyclic) bond motifs is 1. The maximum absolute atomic E-state index is 12.3. The fraction of sp³-hybridized carbons (Fsp3) is 0.294. The van der Waals surface area contributed by atoms with E-state index in [-0.39, 0.29) is 16.9 Å². The van der Waals surface area contributed by atoms with E-state index in [9.17, 15) is 9.59 Å². The summed E-state index contributed by atoms with van der Waals surface area (Å²) in [4.78, 5) is 27.6. The van der Waals surface area contributed by atoms with Crippen LogP contribution in [0.15, 0.2) is 35.3 Å². The molecular weight excluding hydrogens is 280 g/mol. The molecule has 1 aliphatic carbocycles. The molecule has 1 heterocycles. The van der Waals surface area contributed by atoms with Gasteiger partial charge in [-0.3, -0.25) is 9.59 Å². The lowest BCUT2D eigenvalue weighted by atomic mass is 10.1. The first kappa shape index (κ1) is 14.4. The molecule has 2 N–H and O–H groups in total. The average molecular weight is 298 g/mol. The molecule has 1 aromatic carbocycles. The van der Waals surface area contributed by atoms with Crippen LogP contribution in [0, 0.1) is 0 Å². The zero-order valence-corrected chi connectivity index (χ0v) is 12.4. The second kappa shape index (κ2) is 6.05. The summed E-state index contributed by atoms with van der Waals surface area (Å²) in [6.45, 7) is 0.374. The first-order chi connectivity index (χ1) is 10.7. The Labute approximate surface area is 128 Å². The Bertz CT molecular complexity index is 747. The van der Waals surface area contributed by atoms with Crippen LogP contribution in [0.4, 0.5) is 0 Å². The molecule has 1 aliphatic rings. The highest BCUT2D eigenvalue weighted by Crippen LogP contribution is 2.16. The third-order valence-corrected chi connectivity index (χ3v) is 3.98. The number of methoxy groups -OCH3 is 1. The van der Waals surface area contributed by atoms with E-state index in [2.05, 4.69) is 10.3 Å². The van der Waals surface area contributed by atoms with Crippen LogP contribution in [0.25, 0.3) is 0 Å². The van der Waals surface area contributed by atoms with Gasteiger partial charge in [-0.25, -0.2) is 0 Å². The monoisotopic (exact) mass is 298 g/mol. The van der Waals surface area contributed by atoms with Gasteiger partial charge in [0, 0.05) is 24.0 Å². The number of H-pyrrole nitrogens is 1. The van der Waals surface area contributed by atoms with Crippen LogP contribution in [0.1, 0.15) is 33.6 Å². The number of carbonyl (C=O) groups excluding carboxylic acids is 1. The Morgan fingerprint density at radius 2 is 2.05 bits per heavy atom.